The van der Waals surface area contributed by atoms with Crippen LogP contribution in [0.5, 0.6) is 0 Å². The molecule has 1 aliphatic rings. The second kappa shape index (κ2) is 5.50. The van der Waals surface area contributed by atoms with Crippen LogP contribution >= 0.6 is 11.8 Å². The Morgan fingerprint density at radius 1 is 1.28 bits per heavy atom. The van der Waals surface area contributed by atoms with Crippen molar-refractivity contribution >= 4 is 11.8 Å². The van der Waals surface area contributed by atoms with Gasteiger partial charge >= 0.3 is 5.51 Å². The predicted octanol–water partition coefficient (Wildman–Crippen LogP) is 3.08. The Morgan fingerprint density at radius 3 is 2.33 bits per heavy atom. The first-order valence-corrected chi connectivity index (χ1v) is 6.52. The lowest BCUT2D eigenvalue weighted by molar-refractivity contribution is -0.0328. The summed E-state index contributed by atoms with van der Waals surface area (Å²) in [5.74, 6) is 0. The number of aliphatic hydroxyl groups excluding tert-OH is 1. The van der Waals surface area contributed by atoms with E-state index in [1.54, 1.807) is 12.1 Å². The Labute approximate surface area is 108 Å². The molecule has 18 heavy (non-hydrogen) atoms. The average Bonchev–Trinajstić information content (AvgIpc) is 3.09. The van der Waals surface area contributed by atoms with E-state index < -0.39 is 5.51 Å². The summed E-state index contributed by atoms with van der Waals surface area (Å²) in [5.41, 5.74) is -3.44. The van der Waals surface area contributed by atoms with Gasteiger partial charge in [-0.3, -0.25) is 0 Å². The third-order valence-electron chi connectivity index (χ3n) is 2.71. The highest BCUT2D eigenvalue weighted by molar-refractivity contribution is 8.00. The highest BCUT2D eigenvalue weighted by atomic mass is 32.2. The number of benzene rings is 1. The highest BCUT2D eigenvalue weighted by Gasteiger charge is 2.29. The van der Waals surface area contributed by atoms with Crippen LogP contribution in [0.15, 0.2) is 29.2 Å². The van der Waals surface area contributed by atoms with Gasteiger partial charge in [-0.15, -0.1) is 0 Å². The van der Waals surface area contributed by atoms with Gasteiger partial charge in [-0.05, 0) is 42.3 Å². The summed E-state index contributed by atoms with van der Waals surface area (Å²) >= 11 is -0.128. The molecule has 0 spiro atoms. The van der Waals surface area contributed by atoms with E-state index >= 15 is 0 Å². The molecule has 0 aliphatic heterocycles. The monoisotopic (exact) mass is 277 g/mol. The van der Waals surface area contributed by atoms with Crippen LogP contribution in [-0.4, -0.2) is 23.3 Å². The minimum atomic E-state index is -4.26. The highest BCUT2D eigenvalue weighted by Crippen LogP contribution is 2.37. The molecule has 1 saturated carbocycles. The van der Waals surface area contributed by atoms with Gasteiger partial charge in [-0.1, -0.05) is 12.1 Å². The molecular weight excluding hydrogens is 263 g/mol. The third kappa shape index (κ3) is 4.19. The molecule has 6 heteroatoms. The lowest BCUT2D eigenvalue weighted by Crippen LogP contribution is -2.26. The molecule has 1 aromatic carbocycles. The van der Waals surface area contributed by atoms with E-state index in [1.165, 1.54) is 12.1 Å². The maximum atomic E-state index is 12.2. The van der Waals surface area contributed by atoms with Crippen molar-refractivity contribution in [3.8, 4) is 0 Å². The maximum absolute atomic E-state index is 12.2. The molecule has 0 saturated heterocycles. The minimum absolute atomic E-state index is 0.0533. The van der Waals surface area contributed by atoms with E-state index in [0.29, 0.717) is 6.04 Å². The number of aliphatic hydroxyl groups is 1. The molecule has 1 atom stereocenters. The van der Waals surface area contributed by atoms with Crippen molar-refractivity contribution in [2.45, 2.75) is 35.3 Å². The van der Waals surface area contributed by atoms with Crippen molar-refractivity contribution in [2.24, 2.45) is 0 Å². The van der Waals surface area contributed by atoms with Gasteiger partial charge in [0.05, 0.1) is 12.6 Å². The Hall–Kier alpha value is -0.720. The van der Waals surface area contributed by atoms with Crippen LogP contribution in [0.3, 0.4) is 0 Å². The molecule has 1 fully saturated rings. The van der Waals surface area contributed by atoms with Crippen LogP contribution in [0, 0.1) is 0 Å². The molecule has 1 unspecified atom stereocenters. The lowest BCUT2D eigenvalue weighted by Gasteiger charge is -2.16. The third-order valence-corrected chi connectivity index (χ3v) is 3.45. The largest absolute Gasteiger partial charge is 0.446 e. The molecule has 0 aromatic heterocycles. The van der Waals surface area contributed by atoms with Crippen molar-refractivity contribution in [1.29, 1.82) is 0 Å². The normalized spacial score (nSPS) is 17.8. The molecule has 2 rings (SSSR count). The summed E-state index contributed by atoms with van der Waals surface area (Å²) < 4.78 is 36.5. The fourth-order valence-electron chi connectivity index (χ4n) is 1.69. The zero-order chi connectivity index (χ0) is 13.2. The molecule has 0 bridgehead atoms. The first-order valence-electron chi connectivity index (χ1n) is 5.70. The number of thioether (sulfide) groups is 1. The standard InChI is InChI=1S/C12H14F3NOS/c13-12(14,15)18-10-5-1-8(2-6-10)11(7-17)16-9-3-4-9/h1-2,5-6,9,11,16-17H,3-4,7H2. The summed E-state index contributed by atoms with van der Waals surface area (Å²) in [4.78, 5) is 0.161. The lowest BCUT2D eigenvalue weighted by atomic mass is 10.1. The van der Waals surface area contributed by atoms with Gasteiger partial charge < -0.3 is 10.4 Å². The van der Waals surface area contributed by atoms with Gasteiger partial charge in [-0.25, -0.2) is 0 Å². The summed E-state index contributed by atoms with van der Waals surface area (Å²) in [5, 5.41) is 12.5. The minimum Gasteiger partial charge on any atom is -0.394 e. The second-order valence-corrected chi connectivity index (χ2v) is 5.43. The summed E-state index contributed by atoms with van der Waals surface area (Å²) in [6.45, 7) is -0.0533. The van der Waals surface area contributed by atoms with E-state index in [9.17, 15) is 18.3 Å². The Bertz CT molecular complexity index is 389. The second-order valence-electron chi connectivity index (χ2n) is 4.29. The van der Waals surface area contributed by atoms with Crippen LogP contribution in [0.1, 0.15) is 24.4 Å². The molecule has 0 amide bonds. The zero-order valence-electron chi connectivity index (χ0n) is 9.57. The summed E-state index contributed by atoms with van der Waals surface area (Å²) in [6.07, 6.45) is 2.19. The maximum Gasteiger partial charge on any atom is 0.446 e. The van der Waals surface area contributed by atoms with Crippen molar-refractivity contribution in [1.82, 2.24) is 5.32 Å². The van der Waals surface area contributed by atoms with Gasteiger partial charge in [0.2, 0.25) is 0 Å². The van der Waals surface area contributed by atoms with Gasteiger partial charge in [0.1, 0.15) is 0 Å². The molecule has 1 aromatic rings. The SMILES string of the molecule is OCC(NC1CC1)c1ccc(SC(F)(F)F)cc1. The van der Waals surface area contributed by atoms with Gasteiger partial charge in [0.15, 0.2) is 0 Å². The number of rotatable bonds is 5. The van der Waals surface area contributed by atoms with E-state index in [4.69, 9.17) is 0 Å². The molecule has 0 heterocycles. The number of nitrogens with one attached hydrogen (secondary N) is 1. The first-order chi connectivity index (χ1) is 8.48. The van der Waals surface area contributed by atoms with Crippen LogP contribution in [0.25, 0.3) is 0 Å². The van der Waals surface area contributed by atoms with Crippen LogP contribution in [0.2, 0.25) is 0 Å². The Morgan fingerprint density at radius 2 is 1.89 bits per heavy atom. The number of halogens is 3. The smallest absolute Gasteiger partial charge is 0.394 e. The van der Waals surface area contributed by atoms with Crippen LogP contribution in [-0.2, 0) is 0 Å². The van der Waals surface area contributed by atoms with Crippen molar-refractivity contribution in [2.75, 3.05) is 6.61 Å². The Kier molecular flexibility index (Phi) is 4.19. The van der Waals surface area contributed by atoms with E-state index in [0.717, 1.165) is 18.4 Å². The van der Waals surface area contributed by atoms with Crippen molar-refractivity contribution in [3.05, 3.63) is 29.8 Å². The van der Waals surface area contributed by atoms with Crippen LogP contribution < -0.4 is 5.32 Å². The van der Waals surface area contributed by atoms with Crippen molar-refractivity contribution in [3.63, 3.8) is 0 Å². The van der Waals surface area contributed by atoms with Gasteiger partial charge in [-0.2, -0.15) is 13.2 Å². The van der Waals surface area contributed by atoms with E-state index in [1.807, 2.05) is 0 Å². The fraction of sp³-hybridized carbons (Fsp3) is 0.500. The molecule has 2 N–H and O–H groups in total. The summed E-state index contributed by atoms with van der Waals surface area (Å²) in [6, 6.07) is 6.37. The number of hydrogen-bond donors (Lipinski definition) is 2. The van der Waals surface area contributed by atoms with E-state index in [-0.39, 0.29) is 29.3 Å². The summed E-state index contributed by atoms with van der Waals surface area (Å²) in [7, 11) is 0. The van der Waals surface area contributed by atoms with E-state index in [2.05, 4.69) is 5.32 Å². The molecular formula is C12H14F3NOS. The topological polar surface area (TPSA) is 32.3 Å². The molecule has 100 valence electrons. The van der Waals surface area contributed by atoms with Crippen molar-refractivity contribution < 1.29 is 18.3 Å². The molecule has 0 radical (unpaired) electrons. The van der Waals surface area contributed by atoms with Gasteiger partial charge in [0, 0.05) is 10.9 Å². The fourth-order valence-corrected chi connectivity index (χ4v) is 2.23. The zero-order valence-corrected chi connectivity index (χ0v) is 10.4. The Balaban J connectivity index is 2.00. The quantitative estimate of drug-likeness (QED) is 0.811. The molecule has 2 nitrogen and oxygen atoms in total. The first kappa shape index (κ1) is 13.7. The average molecular weight is 277 g/mol. The molecule has 1 aliphatic carbocycles. The van der Waals surface area contributed by atoms with Gasteiger partial charge in [0.25, 0.3) is 0 Å². The van der Waals surface area contributed by atoms with Crippen LogP contribution in [0.4, 0.5) is 13.2 Å². The number of alkyl halides is 3. The number of hydrogen-bond acceptors (Lipinski definition) is 3. The predicted molar refractivity (Wildman–Crippen MR) is 64.3 cm³/mol.